The lowest BCUT2D eigenvalue weighted by molar-refractivity contribution is -0.658. The highest BCUT2D eigenvalue weighted by Crippen LogP contribution is 2.08. The van der Waals surface area contributed by atoms with Crippen LogP contribution in [0, 0.1) is 0 Å². The molecule has 0 heterocycles. The number of nitrogens with two attached hydrogens (primary N) is 1. The van der Waals surface area contributed by atoms with E-state index < -0.39 is 0 Å². The van der Waals surface area contributed by atoms with E-state index >= 15 is 0 Å². The molecule has 0 radical (unpaired) electrons. The summed E-state index contributed by atoms with van der Waals surface area (Å²) in [5.41, 5.74) is 0.969. The summed E-state index contributed by atoms with van der Waals surface area (Å²) in [7, 11) is 3.26. The fraction of sp³-hybridized carbons (Fsp3) is 0.300. The summed E-state index contributed by atoms with van der Waals surface area (Å²) >= 11 is 0. The monoisotopic (exact) mass is 180 g/mol. The van der Waals surface area contributed by atoms with Crippen molar-refractivity contribution in [2.45, 2.75) is 6.04 Å². The van der Waals surface area contributed by atoms with Crippen LogP contribution in [-0.4, -0.2) is 20.1 Å². The molecule has 3 heteroatoms. The van der Waals surface area contributed by atoms with E-state index in [0.29, 0.717) is 0 Å². The van der Waals surface area contributed by atoms with Crippen LogP contribution in [0.1, 0.15) is 11.6 Å². The zero-order valence-electron chi connectivity index (χ0n) is 7.86. The number of esters is 1. The lowest BCUT2D eigenvalue weighted by atomic mass is 10.1. The van der Waals surface area contributed by atoms with Gasteiger partial charge in [-0.1, -0.05) is 30.3 Å². The Hall–Kier alpha value is -1.35. The van der Waals surface area contributed by atoms with Crippen molar-refractivity contribution in [1.82, 2.24) is 0 Å². The maximum absolute atomic E-state index is 11.3. The van der Waals surface area contributed by atoms with E-state index in [4.69, 9.17) is 0 Å². The third-order valence-corrected chi connectivity index (χ3v) is 1.95. The maximum atomic E-state index is 11.3. The summed E-state index contributed by atoms with van der Waals surface area (Å²) in [6.07, 6.45) is 0. The van der Waals surface area contributed by atoms with Crippen LogP contribution in [0.2, 0.25) is 0 Å². The topological polar surface area (TPSA) is 42.9 Å². The van der Waals surface area contributed by atoms with E-state index in [1.807, 2.05) is 42.7 Å². The molecule has 0 aromatic heterocycles. The smallest absolute Gasteiger partial charge is 0.369 e. The Morgan fingerprint density at radius 3 is 2.46 bits per heavy atom. The second kappa shape index (κ2) is 4.62. The highest BCUT2D eigenvalue weighted by Gasteiger charge is 2.22. The van der Waals surface area contributed by atoms with Gasteiger partial charge in [-0.2, -0.15) is 0 Å². The lowest BCUT2D eigenvalue weighted by Gasteiger charge is -2.10. The highest BCUT2D eigenvalue weighted by atomic mass is 16.5. The number of quaternary nitrogens is 1. The molecule has 3 nitrogen and oxygen atoms in total. The Kier molecular flexibility index (Phi) is 3.46. The van der Waals surface area contributed by atoms with Crippen LogP contribution < -0.4 is 5.32 Å². The molecule has 0 amide bonds. The quantitative estimate of drug-likeness (QED) is 0.670. The number of hydrogen-bond donors (Lipinski definition) is 1. The van der Waals surface area contributed by atoms with Gasteiger partial charge in [0, 0.05) is 5.56 Å². The van der Waals surface area contributed by atoms with Crippen molar-refractivity contribution in [3.63, 3.8) is 0 Å². The van der Waals surface area contributed by atoms with Crippen LogP contribution in [0.5, 0.6) is 0 Å². The van der Waals surface area contributed by atoms with E-state index in [-0.39, 0.29) is 12.0 Å². The second-order valence-electron chi connectivity index (χ2n) is 2.74. The molecule has 1 atom stereocenters. The summed E-state index contributed by atoms with van der Waals surface area (Å²) in [6, 6.07) is 9.34. The third kappa shape index (κ3) is 2.29. The first-order valence-corrected chi connectivity index (χ1v) is 4.22. The van der Waals surface area contributed by atoms with Crippen molar-refractivity contribution >= 4 is 5.97 Å². The number of carbonyl (C=O) groups is 1. The van der Waals surface area contributed by atoms with Crippen molar-refractivity contribution in [1.29, 1.82) is 0 Å². The van der Waals surface area contributed by atoms with Gasteiger partial charge < -0.3 is 10.1 Å². The van der Waals surface area contributed by atoms with Gasteiger partial charge in [0.05, 0.1) is 14.2 Å². The predicted octanol–water partition coefficient (Wildman–Crippen LogP) is 0.0939. The third-order valence-electron chi connectivity index (χ3n) is 1.95. The van der Waals surface area contributed by atoms with Gasteiger partial charge in [-0.15, -0.1) is 0 Å². The summed E-state index contributed by atoms with van der Waals surface area (Å²) in [5.74, 6) is -0.214. The number of hydrogen-bond acceptors (Lipinski definition) is 2. The zero-order chi connectivity index (χ0) is 9.68. The minimum atomic E-state index is -0.244. The molecule has 1 unspecified atom stereocenters. The molecule has 1 aromatic rings. The fourth-order valence-electron chi connectivity index (χ4n) is 1.25. The summed E-state index contributed by atoms with van der Waals surface area (Å²) < 4.78 is 4.69. The highest BCUT2D eigenvalue weighted by molar-refractivity contribution is 5.75. The summed E-state index contributed by atoms with van der Waals surface area (Å²) in [4.78, 5) is 11.3. The Morgan fingerprint density at radius 2 is 2.00 bits per heavy atom. The second-order valence-corrected chi connectivity index (χ2v) is 2.74. The number of methoxy groups -OCH3 is 1. The van der Waals surface area contributed by atoms with Crippen LogP contribution in [0.3, 0.4) is 0 Å². The average molecular weight is 180 g/mol. The fourth-order valence-corrected chi connectivity index (χ4v) is 1.25. The molecular formula is C10H14NO2+. The molecule has 70 valence electrons. The predicted molar refractivity (Wildman–Crippen MR) is 49.0 cm³/mol. The molecule has 1 rings (SSSR count). The standard InChI is InChI=1S/C10H13NO2/c1-11-9(10(12)13-2)8-6-4-3-5-7-8/h3-7,9,11H,1-2H3/p+1. The van der Waals surface area contributed by atoms with Gasteiger partial charge in [-0.25, -0.2) is 4.79 Å². The zero-order valence-corrected chi connectivity index (χ0v) is 7.86. The van der Waals surface area contributed by atoms with Gasteiger partial charge in [0.1, 0.15) is 0 Å². The van der Waals surface area contributed by atoms with Gasteiger partial charge in [0.15, 0.2) is 0 Å². The van der Waals surface area contributed by atoms with Crippen molar-refractivity contribution in [3.05, 3.63) is 35.9 Å². The van der Waals surface area contributed by atoms with Crippen LogP contribution in [-0.2, 0) is 9.53 Å². The minimum Gasteiger partial charge on any atom is -0.464 e. The van der Waals surface area contributed by atoms with Gasteiger partial charge >= 0.3 is 5.97 Å². The van der Waals surface area contributed by atoms with Gasteiger partial charge in [0.25, 0.3) is 0 Å². The number of ether oxygens (including phenoxy) is 1. The molecule has 0 saturated heterocycles. The SMILES string of the molecule is C[NH2+]C(C(=O)OC)c1ccccc1. The largest absolute Gasteiger partial charge is 0.464 e. The number of rotatable bonds is 3. The Labute approximate surface area is 77.7 Å². The molecule has 13 heavy (non-hydrogen) atoms. The van der Waals surface area contributed by atoms with Crippen LogP contribution in [0.4, 0.5) is 0 Å². The summed E-state index contributed by atoms with van der Waals surface area (Å²) in [6.45, 7) is 0. The first-order chi connectivity index (χ1) is 6.29. The first-order valence-electron chi connectivity index (χ1n) is 4.22. The molecule has 0 aliphatic rings. The maximum Gasteiger partial charge on any atom is 0.369 e. The van der Waals surface area contributed by atoms with E-state index in [1.165, 1.54) is 7.11 Å². The van der Waals surface area contributed by atoms with Gasteiger partial charge in [-0.3, -0.25) is 0 Å². The molecular weight excluding hydrogens is 166 g/mol. The van der Waals surface area contributed by atoms with E-state index in [0.717, 1.165) is 5.56 Å². The lowest BCUT2D eigenvalue weighted by Crippen LogP contribution is -2.82. The van der Waals surface area contributed by atoms with Crippen molar-refractivity contribution in [2.75, 3.05) is 14.2 Å². The van der Waals surface area contributed by atoms with Crippen molar-refractivity contribution in [2.24, 2.45) is 0 Å². The van der Waals surface area contributed by atoms with Crippen molar-refractivity contribution < 1.29 is 14.8 Å². The van der Waals surface area contributed by atoms with Crippen LogP contribution in [0.25, 0.3) is 0 Å². The number of likely N-dealkylation sites (N-methyl/N-ethyl adjacent to an activating group) is 1. The van der Waals surface area contributed by atoms with Crippen LogP contribution in [0.15, 0.2) is 30.3 Å². The van der Waals surface area contributed by atoms with E-state index in [1.54, 1.807) is 0 Å². The minimum absolute atomic E-state index is 0.214. The molecule has 0 fully saturated rings. The first kappa shape index (κ1) is 9.74. The molecule has 0 saturated carbocycles. The Morgan fingerprint density at radius 1 is 1.38 bits per heavy atom. The van der Waals surface area contributed by atoms with E-state index in [2.05, 4.69) is 4.74 Å². The number of benzene rings is 1. The van der Waals surface area contributed by atoms with E-state index in [9.17, 15) is 4.79 Å². The molecule has 1 aromatic carbocycles. The average Bonchev–Trinajstić information content (AvgIpc) is 2.20. The Balaban J connectivity index is 2.85. The summed E-state index contributed by atoms with van der Waals surface area (Å²) in [5, 5.41) is 1.83. The molecule has 2 N–H and O–H groups in total. The van der Waals surface area contributed by atoms with Gasteiger partial charge in [0.2, 0.25) is 6.04 Å². The number of carbonyl (C=O) groups excluding carboxylic acids is 1. The Bertz CT molecular complexity index is 272. The van der Waals surface area contributed by atoms with Gasteiger partial charge in [-0.05, 0) is 0 Å². The van der Waals surface area contributed by atoms with Crippen LogP contribution >= 0.6 is 0 Å². The molecule has 0 aliphatic heterocycles. The normalized spacial score (nSPS) is 12.2. The molecule has 0 spiro atoms. The van der Waals surface area contributed by atoms with Crippen molar-refractivity contribution in [3.8, 4) is 0 Å². The molecule has 0 bridgehead atoms. The molecule has 0 aliphatic carbocycles.